The first-order chi connectivity index (χ1) is 8.54. The van der Waals surface area contributed by atoms with E-state index in [1.807, 2.05) is 26.0 Å². The molecule has 0 amide bonds. The SMILES string of the molecule is COC(=O)C(C)C(c1ccc(O)c(C)c1)C1CC1. The molecule has 0 saturated heterocycles. The molecule has 3 nitrogen and oxygen atoms in total. The van der Waals surface area contributed by atoms with Gasteiger partial charge in [-0.05, 0) is 48.8 Å². The molecular formula is C15H20O3. The number of ether oxygens (including phenoxy) is 1. The molecule has 1 aliphatic rings. The Morgan fingerprint density at radius 2 is 2.11 bits per heavy atom. The van der Waals surface area contributed by atoms with E-state index < -0.39 is 0 Å². The normalized spacial score (nSPS) is 18.2. The Bertz CT molecular complexity index is 449. The van der Waals surface area contributed by atoms with Gasteiger partial charge in [0, 0.05) is 0 Å². The zero-order valence-electron chi connectivity index (χ0n) is 11.1. The fourth-order valence-corrected chi connectivity index (χ4v) is 2.64. The number of rotatable bonds is 4. The molecule has 1 aromatic carbocycles. The number of esters is 1. The Labute approximate surface area is 108 Å². The summed E-state index contributed by atoms with van der Waals surface area (Å²) in [5.74, 6) is 0.794. The van der Waals surface area contributed by atoms with Crippen LogP contribution in [-0.4, -0.2) is 18.2 Å². The number of hydrogen-bond donors (Lipinski definition) is 1. The molecule has 98 valence electrons. The molecule has 2 rings (SSSR count). The van der Waals surface area contributed by atoms with Crippen molar-refractivity contribution < 1.29 is 14.6 Å². The Balaban J connectivity index is 2.29. The highest BCUT2D eigenvalue weighted by Gasteiger charge is 2.39. The average molecular weight is 248 g/mol. The summed E-state index contributed by atoms with van der Waals surface area (Å²) in [5, 5.41) is 9.58. The van der Waals surface area contributed by atoms with Gasteiger partial charge in [0.25, 0.3) is 0 Å². The minimum atomic E-state index is -0.155. The first kappa shape index (κ1) is 12.9. The van der Waals surface area contributed by atoms with E-state index in [0.29, 0.717) is 11.7 Å². The summed E-state index contributed by atoms with van der Waals surface area (Å²) in [7, 11) is 1.44. The number of aromatic hydroxyl groups is 1. The molecule has 0 spiro atoms. The molecule has 18 heavy (non-hydrogen) atoms. The van der Waals surface area contributed by atoms with Crippen molar-refractivity contribution in [2.45, 2.75) is 32.6 Å². The van der Waals surface area contributed by atoms with Crippen molar-refractivity contribution in [2.24, 2.45) is 11.8 Å². The van der Waals surface area contributed by atoms with E-state index in [-0.39, 0.29) is 17.8 Å². The lowest BCUT2D eigenvalue weighted by molar-refractivity contribution is -0.145. The molecule has 2 unspecified atom stereocenters. The van der Waals surface area contributed by atoms with Gasteiger partial charge in [0.05, 0.1) is 13.0 Å². The molecule has 1 fully saturated rings. The van der Waals surface area contributed by atoms with Crippen molar-refractivity contribution in [2.75, 3.05) is 7.11 Å². The third-order valence-electron chi connectivity index (χ3n) is 3.85. The second-order valence-electron chi connectivity index (χ2n) is 5.22. The maximum absolute atomic E-state index is 11.7. The highest BCUT2D eigenvalue weighted by molar-refractivity contribution is 5.73. The second kappa shape index (κ2) is 5.01. The van der Waals surface area contributed by atoms with Crippen LogP contribution in [0.4, 0.5) is 0 Å². The predicted molar refractivity (Wildman–Crippen MR) is 69.5 cm³/mol. The van der Waals surface area contributed by atoms with Gasteiger partial charge in [-0.25, -0.2) is 0 Å². The molecule has 0 aromatic heterocycles. The molecule has 0 radical (unpaired) electrons. The van der Waals surface area contributed by atoms with Gasteiger partial charge >= 0.3 is 5.97 Å². The number of aryl methyl sites for hydroxylation is 1. The van der Waals surface area contributed by atoms with Gasteiger partial charge in [-0.1, -0.05) is 19.1 Å². The van der Waals surface area contributed by atoms with Crippen LogP contribution in [-0.2, 0) is 9.53 Å². The van der Waals surface area contributed by atoms with Crippen LogP contribution in [0, 0.1) is 18.8 Å². The van der Waals surface area contributed by atoms with E-state index in [9.17, 15) is 9.90 Å². The number of methoxy groups -OCH3 is 1. The van der Waals surface area contributed by atoms with E-state index in [1.165, 1.54) is 20.0 Å². The van der Waals surface area contributed by atoms with Crippen LogP contribution in [0.15, 0.2) is 18.2 Å². The van der Waals surface area contributed by atoms with Gasteiger partial charge in [-0.15, -0.1) is 0 Å². The molecule has 0 heterocycles. The standard InChI is InChI=1S/C15H20O3/c1-9-8-12(6-7-13(9)16)14(11-4-5-11)10(2)15(17)18-3/h6-8,10-11,14,16H,4-5H2,1-3H3. The summed E-state index contributed by atoms with van der Waals surface area (Å²) in [5.41, 5.74) is 1.99. The average Bonchev–Trinajstić information content (AvgIpc) is 3.17. The fourth-order valence-electron chi connectivity index (χ4n) is 2.64. The minimum absolute atomic E-state index is 0.133. The van der Waals surface area contributed by atoms with Crippen LogP contribution in [0.3, 0.4) is 0 Å². The molecular weight excluding hydrogens is 228 g/mol. The molecule has 0 aliphatic heterocycles. The van der Waals surface area contributed by atoms with Crippen molar-refractivity contribution in [1.82, 2.24) is 0 Å². The summed E-state index contributed by atoms with van der Waals surface area (Å²) >= 11 is 0. The first-order valence-electron chi connectivity index (χ1n) is 6.42. The summed E-state index contributed by atoms with van der Waals surface area (Å²) in [6, 6.07) is 5.62. The van der Waals surface area contributed by atoms with Crippen LogP contribution in [0.25, 0.3) is 0 Å². The number of hydrogen-bond acceptors (Lipinski definition) is 3. The molecule has 0 bridgehead atoms. The lowest BCUT2D eigenvalue weighted by Gasteiger charge is -2.23. The summed E-state index contributed by atoms with van der Waals surface area (Å²) < 4.78 is 4.86. The molecule has 2 atom stereocenters. The second-order valence-corrected chi connectivity index (χ2v) is 5.22. The predicted octanol–water partition coefficient (Wildman–Crippen LogP) is 3.00. The fraction of sp³-hybridized carbons (Fsp3) is 0.533. The Kier molecular flexibility index (Phi) is 3.60. The van der Waals surface area contributed by atoms with Crippen molar-refractivity contribution in [3.63, 3.8) is 0 Å². The van der Waals surface area contributed by atoms with Crippen LogP contribution >= 0.6 is 0 Å². The van der Waals surface area contributed by atoms with E-state index in [1.54, 1.807) is 6.07 Å². The van der Waals surface area contributed by atoms with Gasteiger partial charge in [-0.2, -0.15) is 0 Å². The van der Waals surface area contributed by atoms with E-state index in [0.717, 1.165) is 11.1 Å². The Hall–Kier alpha value is -1.51. The van der Waals surface area contributed by atoms with E-state index in [4.69, 9.17) is 4.74 Å². The number of phenolic OH excluding ortho intramolecular Hbond substituents is 1. The van der Waals surface area contributed by atoms with Gasteiger partial charge in [-0.3, -0.25) is 4.79 Å². The van der Waals surface area contributed by atoms with Gasteiger partial charge in [0.1, 0.15) is 5.75 Å². The topological polar surface area (TPSA) is 46.5 Å². The number of carbonyl (C=O) groups is 1. The lowest BCUT2D eigenvalue weighted by atomic mass is 9.82. The summed E-state index contributed by atoms with van der Waals surface area (Å²) in [6.45, 7) is 3.81. The van der Waals surface area contributed by atoms with Crippen LogP contribution in [0.1, 0.15) is 36.8 Å². The third-order valence-corrected chi connectivity index (χ3v) is 3.85. The van der Waals surface area contributed by atoms with Gasteiger partial charge < -0.3 is 9.84 Å². The van der Waals surface area contributed by atoms with Crippen molar-refractivity contribution >= 4 is 5.97 Å². The number of carbonyl (C=O) groups excluding carboxylic acids is 1. The quantitative estimate of drug-likeness (QED) is 0.833. The molecule has 1 N–H and O–H groups in total. The van der Waals surface area contributed by atoms with Crippen molar-refractivity contribution in [3.05, 3.63) is 29.3 Å². The highest BCUT2D eigenvalue weighted by atomic mass is 16.5. The number of benzene rings is 1. The van der Waals surface area contributed by atoms with E-state index >= 15 is 0 Å². The van der Waals surface area contributed by atoms with Crippen LogP contribution in [0.2, 0.25) is 0 Å². The van der Waals surface area contributed by atoms with Crippen LogP contribution < -0.4 is 0 Å². The highest BCUT2D eigenvalue weighted by Crippen LogP contribution is 2.47. The summed E-state index contributed by atoms with van der Waals surface area (Å²) in [4.78, 5) is 11.7. The molecule has 1 saturated carbocycles. The van der Waals surface area contributed by atoms with E-state index in [2.05, 4.69) is 0 Å². The molecule has 1 aromatic rings. The smallest absolute Gasteiger partial charge is 0.309 e. The maximum atomic E-state index is 11.7. The zero-order valence-corrected chi connectivity index (χ0v) is 11.1. The van der Waals surface area contributed by atoms with Gasteiger partial charge in [0.2, 0.25) is 0 Å². The molecule has 1 aliphatic carbocycles. The van der Waals surface area contributed by atoms with Crippen molar-refractivity contribution in [3.8, 4) is 5.75 Å². The Morgan fingerprint density at radius 1 is 1.44 bits per heavy atom. The largest absolute Gasteiger partial charge is 0.508 e. The monoisotopic (exact) mass is 248 g/mol. The number of phenols is 1. The molecule has 3 heteroatoms. The maximum Gasteiger partial charge on any atom is 0.309 e. The van der Waals surface area contributed by atoms with Crippen LogP contribution in [0.5, 0.6) is 5.75 Å². The lowest BCUT2D eigenvalue weighted by Crippen LogP contribution is -2.22. The third kappa shape index (κ3) is 2.50. The minimum Gasteiger partial charge on any atom is -0.508 e. The Morgan fingerprint density at radius 3 is 2.61 bits per heavy atom. The van der Waals surface area contributed by atoms with Crippen molar-refractivity contribution in [1.29, 1.82) is 0 Å². The zero-order chi connectivity index (χ0) is 13.3. The first-order valence-corrected chi connectivity index (χ1v) is 6.42. The summed E-state index contributed by atoms with van der Waals surface area (Å²) in [6.07, 6.45) is 2.35. The van der Waals surface area contributed by atoms with Gasteiger partial charge in [0.15, 0.2) is 0 Å².